The van der Waals surface area contributed by atoms with Crippen molar-refractivity contribution in [1.29, 1.82) is 0 Å². The summed E-state index contributed by atoms with van der Waals surface area (Å²) in [6, 6.07) is 4.72. The van der Waals surface area contributed by atoms with Crippen molar-refractivity contribution < 1.29 is 0 Å². The van der Waals surface area contributed by atoms with Crippen molar-refractivity contribution in [3.8, 4) is 0 Å². The largest absolute Gasteiger partial charge is 0.367 e. The summed E-state index contributed by atoms with van der Waals surface area (Å²) in [4.78, 5) is 4.32. The van der Waals surface area contributed by atoms with E-state index in [0.717, 1.165) is 5.82 Å². The summed E-state index contributed by atoms with van der Waals surface area (Å²) in [7, 11) is 0. The van der Waals surface area contributed by atoms with Crippen LogP contribution in [0.5, 0.6) is 0 Å². The molecule has 2 rings (SSSR count). The summed E-state index contributed by atoms with van der Waals surface area (Å²) in [5.74, 6) is 1.02. The number of nitrogens with zero attached hydrogens (tertiary/aromatic N) is 1. The number of rotatable bonds is 2. The molecule has 1 atom stereocenters. The highest BCUT2D eigenvalue weighted by molar-refractivity contribution is 5.39. The van der Waals surface area contributed by atoms with Crippen LogP contribution < -0.4 is 5.32 Å². The first-order valence-corrected chi connectivity index (χ1v) is 5.27. The SMILES string of the molecule is Cc1ccnc(NC2CCC2(C)C)c1. The third-order valence-electron chi connectivity index (χ3n) is 3.26. The van der Waals surface area contributed by atoms with E-state index in [2.05, 4.69) is 37.1 Å². The first kappa shape index (κ1) is 9.50. The quantitative estimate of drug-likeness (QED) is 0.775. The third-order valence-corrected chi connectivity index (χ3v) is 3.26. The van der Waals surface area contributed by atoms with E-state index >= 15 is 0 Å². The fraction of sp³-hybridized carbons (Fsp3) is 0.583. The van der Waals surface area contributed by atoms with E-state index in [9.17, 15) is 0 Å². The zero-order chi connectivity index (χ0) is 10.2. The molecule has 14 heavy (non-hydrogen) atoms. The summed E-state index contributed by atoms with van der Waals surface area (Å²) in [5.41, 5.74) is 1.70. The fourth-order valence-corrected chi connectivity index (χ4v) is 1.93. The maximum absolute atomic E-state index is 4.32. The summed E-state index contributed by atoms with van der Waals surface area (Å²) in [5, 5.41) is 3.50. The minimum absolute atomic E-state index is 0.436. The highest BCUT2D eigenvalue weighted by Crippen LogP contribution is 2.41. The van der Waals surface area contributed by atoms with Gasteiger partial charge in [0.05, 0.1) is 0 Å². The molecule has 2 heteroatoms. The van der Waals surface area contributed by atoms with Gasteiger partial charge in [-0.2, -0.15) is 0 Å². The minimum Gasteiger partial charge on any atom is -0.367 e. The zero-order valence-electron chi connectivity index (χ0n) is 9.17. The van der Waals surface area contributed by atoms with Crippen molar-refractivity contribution in [1.82, 2.24) is 4.98 Å². The maximum atomic E-state index is 4.32. The second-order valence-electron chi connectivity index (χ2n) is 4.94. The number of nitrogens with one attached hydrogen (secondary N) is 1. The van der Waals surface area contributed by atoms with Gasteiger partial charge in [0.1, 0.15) is 5.82 Å². The van der Waals surface area contributed by atoms with Crippen LogP contribution in [0.1, 0.15) is 32.3 Å². The molecule has 1 fully saturated rings. The average molecular weight is 190 g/mol. The lowest BCUT2D eigenvalue weighted by atomic mass is 9.67. The van der Waals surface area contributed by atoms with Gasteiger partial charge < -0.3 is 5.32 Å². The van der Waals surface area contributed by atoms with Crippen LogP contribution >= 0.6 is 0 Å². The Morgan fingerprint density at radius 1 is 1.50 bits per heavy atom. The zero-order valence-corrected chi connectivity index (χ0v) is 9.17. The van der Waals surface area contributed by atoms with E-state index in [1.54, 1.807) is 0 Å². The predicted molar refractivity (Wildman–Crippen MR) is 59.4 cm³/mol. The van der Waals surface area contributed by atoms with Crippen LogP contribution in [0.4, 0.5) is 5.82 Å². The Morgan fingerprint density at radius 3 is 2.79 bits per heavy atom. The molecular weight excluding hydrogens is 172 g/mol. The Labute approximate surface area is 85.7 Å². The Balaban J connectivity index is 2.05. The van der Waals surface area contributed by atoms with Crippen LogP contribution in [0.15, 0.2) is 18.3 Å². The lowest BCUT2D eigenvalue weighted by Gasteiger charge is -2.45. The van der Waals surface area contributed by atoms with Crippen molar-refractivity contribution in [2.75, 3.05) is 5.32 Å². The summed E-state index contributed by atoms with van der Waals surface area (Å²) in [6.45, 7) is 6.71. The number of anilines is 1. The number of hydrogen-bond acceptors (Lipinski definition) is 2. The lowest BCUT2D eigenvalue weighted by Crippen LogP contribution is -2.45. The van der Waals surface area contributed by atoms with Gasteiger partial charge in [0, 0.05) is 12.2 Å². The standard InChI is InChI=1S/C12H18N2/c1-9-5-7-13-11(8-9)14-10-4-6-12(10,2)3/h5,7-8,10H,4,6H2,1-3H3,(H,13,14). The van der Waals surface area contributed by atoms with Crippen LogP contribution in [0.2, 0.25) is 0 Å². The molecule has 1 saturated carbocycles. The Morgan fingerprint density at radius 2 is 2.29 bits per heavy atom. The minimum atomic E-state index is 0.436. The summed E-state index contributed by atoms with van der Waals surface area (Å²) >= 11 is 0. The molecule has 1 aliphatic carbocycles. The van der Waals surface area contributed by atoms with Gasteiger partial charge in [0.15, 0.2) is 0 Å². The van der Waals surface area contributed by atoms with Crippen molar-refractivity contribution >= 4 is 5.82 Å². The first-order valence-electron chi connectivity index (χ1n) is 5.27. The van der Waals surface area contributed by atoms with Gasteiger partial charge in [-0.3, -0.25) is 0 Å². The van der Waals surface area contributed by atoms with Crippen LogP contribution in [0.25, 0.3) is 0 Å². The Kier molecular flexibility index (Phi) is 2.22. The van der Waals surface area contributed by atoms with Crippen molar-refractivity contribution in [2.45, 2.75) is 39.7 Å². The molecule has 76 valence electrons. The van der Waals surface area contributed by atoms with Crippen LogP contribution in [0, 0.1) is 12.3 Å². The molecule has 0 spiro atoms. The van der Waals surface area contributed by atoms with E-state index in [1.165, 1.54) is 18.4 Å². The van der Waals surface area contributed by atoms with Crippen molar-refractivity contribution in [3.63, 3.8) is 0 Å². The smallest absolute Gasteiger partial charge is 0.126 e. The molecule has 1 aliphatic rings. The monoisotopic (exact) mass is 190 g/mol. The highest BCUT2D eigenvalue weighted by atomic mass is 15.0. The summed E-state index contributed by atoms with van der Waals surface area (Å²) in [6.07, 6.45) is 4.45. The van der Waals surface area contributed by atoms with Crippen LogP contribution in [-0.4, -0.2) is 11.0 Å². The molecule has 2 nitrogen and oxygen atoms in total. The molecule has 0 bridgehead atoms. The maximum Gasteiger partial charge on any atom is 0.126 e. The van der Waals surface area contributed by atoms with E-state index in [-0.39, 0.29) is 0 Å². The first-order chi connectivity index (χ1) is 6.58. The van der Waals surface area contributed by atoms with E-state index in [0.29, 0.717) is 11.5 Å². The van der Waals surface area contributed by atoms with Gasteiger partial charge in [0.2, 0.25) is 0 Å². The summed E-state index contributed by atoms with van der Waals surface area (Å²) < 4.78 is 0. The molecule has 1 N–H and O–H groups in total. The lowest BCUT2D eigenvalue weighted by molar-refractivity contribution is 0.159. The second-order valence-corrected chi connectivity index (χ2v) is 4.94. The Hall–Kier alpha value is -1.05. The van der Waals surface area contributed by atoms with Gasteiger partial charge in [0.25, 0.3) is 0 Å². The van der Waals surface area contributed by atoms with Gasteiger partial charge in [-0.15, -0.1) is 0 Å². The van der Waals surface area contributed by atoms with Gasteiger partial charge in [-0.1, -0.05) is 13.8 Å². The molecular formula is C12H18N2. The normalized spacial score (nSPS) is 24.1. The van der Waals surface area contributed by atoms with E-state index in [1.807, 2.05) is 12.3 Å². The van der Waals surface area contributed by atoms with Gasteiger partial charge in [-0.05, 0) is 42.9 Å². The number of pyridine rings is 1. The molecule has 0 aliphatic heterocycles. The number of aryl methyl sites for hydroxylation is 1. The van der Waals surface area contributed by atoms with E-state index < -0.39 is 0 Å². The number of hydrogen-bond donors (Lipinski definition) is 1. The molecule has 0 radical (unpaired) electrons. The molecule has 1 aromatic rings. The number of aromatic nitrogens is 1. The van der Waals surface area contributed by atoms with Gasteiger partial charge in [-0.25, -0.2) is 4.98 Å². The highest BCUT2D eigenvalue weighted by Gasteiger charge is 2.38. The molecule has 1 heterocycles. The van der Waals surface area contributed by atoms with Gasteiger partial charge >= 0.3 is 0 Å². The average Bonchev–Trinajstić information content (AvgIpc) is 2.13. The Bertz CT molecular complexity index is 331. The molecule has 0 aromatic carbocycles. The fourth-order valence-electron chi connectivity index (χ4n) is 1.93. The molecule has 0 amide bonds. The van der Waals surface area contributed by atoms with Crippen LogP contribution in [0.3, 0.4) is 0 Å². The van der Waals surface area contributed by atoms with Crippen LogP contribution in [-0.2, 0) is 0 Å². The van der Waals surface area contributed by atoms with Crippen molar-refractivity contribution in [3.05, 3.63) is 23.9 Å². The third kappa shape index (κ3) is 1.74. The molecule has 0 saturated heterocycles. The molecule has 1 unspecified atom stereocenters. The van der Waals surface area contributed by atoms with E-state index in [4.69, 9.17) is 0 Å². The second kappa shape index (κ2) is 3.26. The van der Waals surface area contributed by atoms with Crippen molar-refractivity contribution in [2.24, 2.45) is 5.41 Å². The predicted octanol–water partition coefficient (Wildman–Crippen LogP) is 2.99. The molecule has 1 aromatic heterocycles. The topological polar surface area (TPSA) is 24.9 Å².